The highest BCUT2D eigenvalue weighted by atomic mass is 32.1. The molecule has 2 heterocycles. The number of hydrogen-bond acceptors (Lipinski definition) is 7. The Bertz CT molecular complexity index is 1290. The predicted molar refractivity (Wildman–Crippen MR) is 138 cm³/mol. The Morgan fingerprint density at radius 2 is 1.80 bits per heavy atom. The van der Waals surface area contributed by atoms with E-state index >= 15 is 0 Å². The van der Waals surface area contributed by atoms with E-state index in [4.69, 9.17) is 19.5 Å². The Balaban J connectivity index is 1.59. The summed E-state index contributed by atoms with van der Waals surface area (Å²) in [6.45, 7) is 7.27. The van der Waals surface area contributed by atoms with E-state index in [9.17, 15) is 9.36 Å². The van der Waals surface area contributed by atoms with Gasteiger partial charge in [-0.3, -0.25) is 14.0 Å². The van der Waals surface area contributed by atoms with Gasteiger partial charge in [-0.15, -0.1) is 0 Å². The predicted octanol–water partition coefficient (Wildman–Crippen LogP) is 6.15. The minimum Gasteiger partial charge on any atom is -0.446 e. The first-order valence-electron chi connectivity index (χ1n) is 11.5. The van der Waals surface area contributed by atoms with Crippen molar-refractivity contribution in [1.29, 1.82) is 0 Å². The summed E-state index contributed by atoms with van der Waals surface area (Å²) >= 11 is 1.25. The topological polar surface area (TPSA) is 106 Å². The second-order valence-electron chi connectivity index (χ2n) is 8.95. The lowest BCUT2D eigenvalue weighted by Crippen LogP contribution is -2.13. The quantitative estimate of drug-likeness (QED) is 0.343. The Labute approximate surface area is 209 Å². The van der Waals surface area contributed by atoms with E-state index in [0.717, 1.165) is 34.4 Å². The van der Waals surface area contributed by atoms with Crippen molar-refractivity contribution in [2.75, 3.05) is 0 Å². The first-order valence-corrected chi connectivity index (χ1v) is 13.9. The van der Waals surface area contributed by atoms with Crippen molar-refractivity contribution in [3.63, 3.8) is 0 Å². The third-order valence-corrected chi connectivity index (χ3v) is 8.31. The zero-order valence-corrected chi connectivity index (χ0v) is 22.2. The van der Waals surface area contributed by atoms with Gasteiger partial charge in [-0.1, -0.05) is 23.5 Å². The molecular weight excluding hydrogens is 485 g/mol. The van der Waals surface area contributed by atoms with Crippen LogP contribution in [-0.4, -0.2) is 27.9 Å². The monoisotopic (exact) mass is 515 g/mol. The van der Waals surface area contributed by atoms with Gasteiger partial charge < -0.3 is 19.5 Å². The third-order valence-electron chi connectivity index (χ3n) is 5.24. The van der Waals surface area contributed by atoms with Crippen LogP contribution in [0.15, 0.2) is 36.3 Å². The van der Waals surface area contributed by atoms with Gasteiger partial charge in [0.05, 0.1) is 22.6 Å². The molecule has 0 spiro atoms. The fraction of sp³-hybridized carbons (Fsp3) is 0.360. The second-order valence-corrected chi connectivity index (χ2v) is 11.7. The molecule has 0 fully saturated rings. The van der Waals surface area contributed by atoms with E-state index < -0.39 is 13.5 Å². The molecule has 0 saturated heterocycles. The molecule has 2 aromatic heterocycles. The summed E-state index contributed by atoms with van der Waals surface area (Å²) in [6.07, 6.45) is 4.76. The summed E-state index contributed by atoms with van der Waals surface area (Å²) in [5, 5.41) is 5.20. The summed E-state index contributed by atoms with van der Waals surface area (Å²) in [5.41, 5.74) is 10.2. The average molecular weight is 516 g/mol. The van der Waals surface area contributed by atoms with Crippen LogP contribution in [0.4, 0.5) is 0 Å². The fourth-order valence-electron chi connectivity index (χ4n) is 4.00. The number of carbonyl (C=O) groups is 1. The molecule has 4 rings (SSSR count). The van der Waals surface area contributed by atoms with Crippen molar-refractivity contribution in [2.24, 2.45) is 12.8 Å². The van der Waals surface area contributed by atoms with Crippen LogP contribution < -0.4 is 10.5 Å². The van der Waals surface area contributed by atoms with Crippen molar-refractivity contribution in [3.8, 4) is 22.1 Å². The molecule has 1 aromatic carbocycles. The van der Waals surface area contributed by atoms with Crippen LogP contribution in [0.3, 0.4) is 0 Å². The van der Waals surface area contributed by atoms with Gasteiger partial charge in [0, 0.05) is 19.1 Å². The molecule has 186 valence electrons. The number of thiophene rings is 1. The molecule has 1 aliphatic carbocycles. The lowest BCUT2D eigenvalue weighted by atomic mass is 9.92. The van der Waals surface area contributed by atoms with Crippen LogP contribution in [0, 0.1) is 0 Å². The first kappa shape index (κ1) is 25.4. The Kier molecular flexibility index (Phi) is 7.33. The van der Waals surface area contributed by atoms with E-state index in [1.807, 2.05) is 65.2 Å². The van der Waals surface area contributed by atoms with Crippen LogP contribution in [0.1, 0.15) is 54.1 Å². The SMILES string of the molecule is CC(C)OP(=O)(/C=C/c1ccc(Oc2sc(C(N)=O)c3c2-c2nn(C)cc2CC3)cc1)OC(C)C. The maximum Gasteiger partial charge on any atom is 0.354 e. The molecule has 0 unspecified atom stereocenters. The minimum atomic E-state index is -3.38. The van der Waals surface area contributed by atoms with Crippen molar-refractivity contribution < 1.29 is 23.1 Å². The smallest absolute Gasteiger partial charge is 0.354 e. The van der Waals surface area contributed by atoms with E-state index in [1.165, 1.54) is 17.2 Å². The Morgan fingerprint density at radius 3 is 2.40 bits per heavy atom. The lowest BCUT2D eigenvalue weighted by molar-refractivity contribution is 0.100. The molecule has 8 nitrogen and oxygen atoms in total. The van der Waals surface area contributed by atoms with Crippen LogP contribution in [0.5, 0.6) is 10.8 Å². The Morgan fingerprint density at radius 1 is 1.14 bits per heavy atom. The first-order chi connectivity index (χ1) is 16.5. The van der Waals surface area contributed by atoms with Crippen molar-refractivity contribution in [1.82, 2.24) is 9.78 Å². The fourth-order valence-corrected chi connectivity index (χ4v) is 6.79. The number of rotatable bonds is 9. The highest BCUT2D eigenvalue weighted by molar-refractivity contribution is 7.57. The van der Waals surface area contributed by atoms with Crippen LogP contribution in [0.2, 0.25) is 0 Å². The van der Waals surface area contributed by atoms with Gasteiger partial charge in [0.2, 0.25) is 0 Å². The van der Waals surface area contributed by atoms with E-state index in [0.29, 0.717) is 22.1 Å². The number of amides is 1. The summed E-state index contributed by atoms with van der Waals surface area (Å²) in [7, 11) is -1.50. The number of aryl methyl sites for hydroxylation is 2. The molecule has 0 aliphatic heterocycles. The number of benzene rings is 1. The highest BCUT2D eigenvalue weighted by Crippen LogP contribution is 2.52. The summed E-state index contributed by atoms with van der Waals surface area (Å²) in [6, 6.07) is 7.33. The maximum absolute atomic E-state index is 13.0. The number of nitrogens with two attached hydrogens (primary N) is 1. The van der Waals surface area contributed by atoms with Gasteiger partial charge >= 0.3 is 7.60 Å². The van der Waals surface area contributed by atoms with Crippen molar-refractivity contribution >= 4 is 30.9 Å². The molecular formula is C25H30N3O5PS. The number of ether oxygens (including phenoxy) is 1. The number of primary amides is 1. The largest absolute Gasteiger partial charge is 0.446 e. The van der Waals surface area contributed by atoms with Crippen molar-refractivity contribution in [3.05, 3.63) is 57.8 Å². The molecule has 0 bridgehead atoms. The lowest BCUT2D eigenvalue weighted by Gasteiger charge is -2.19. The van der Waals surface area contributed by atoms with Gasteiger partial charge in [-0.25, -0.2) is 0 Å². The number of fused-ring (bicyclic) bond motifs is 3. The molecule has 3 aromatic rings. The van der Waals surface area contributed by atoms with E-state index in [2.05, 4.69) is 5.10 Å². The average Bonchev–Trinajstić information content (AvgIpc) is 3.32. The molecule has 1 aliphatic rings. The molecule has 1 amide bonds. The van der Waals surface area contributed by atoms with Crippen LogP contribution in [-0.2, 0) is 33.5 Å². The molecule has 0 saturated carbocycles. The highest BCUT2D eigenvalue weighted by Gasteiger charge is 2.30. The maximum atomic E-state index is 13.0. The summed E-state index contributed by atoms with van der Waals surface area (Å²) < 4.78 is 32.1. The number of carbonyl (C=O) groups excluding carboxylic acids is 1. The minimum absolute atomic E-state index is 0.235. The molecule has 0 atom stereocenters. The Hall–Kier alpha value is -2.71. The van der Waals surface area contributed by atoms with Gasteiger partial charge in [0.15, 0.2) is 5.06 Å². The molecule has 2 N–H and O–H groups in total. The zero-order chi connectivity index (χ0) is 25.3. The standard InChI is InChI=1S/C25H30N3O5PS/c1-15(2)32-34(30,33-16(3)4)13-12-17-6-9-19(10-7-17)31-25-21-20(23(35-25)24(26)29)11-8-18-14-28(5)27-22(18)21/h6-7,9-10,12-16H,8,11H2,1-5H3,(H2,26,29)/b13-12+. The zero-order valence-electron chi connectivity index (χ0n) is 20.5. The number of aromatic nitrogens is 2. The van der Waals surface area contributed by atoms with Crippen molar-refractivity contribution in [2.45, 2.75) is 52.7 Å². The number of nitrogens with zero attached hydrogens (tertiary/aromatic N) is 2. The molecule has 0 radical (unpaired) electrons. The molecule has 35 heavy (non-hydrogen) atoms. The van der Waals surface area contributed by atoms with Gasteiger partial charge in [-0.2, -0.15) is 5.10 Å². The number of hydrogen-bond donors (Lipinski definition) is 1. The van der Waals surface area contributed by atoms with Gasteiger partial charge in [0.1, 0.15) is 11.4 Å². The van der Waals surface area contributed by atoms with Gasteiger partial charge in [-0.05, 0) is 75.4 Å². The normalized spacial score (nSPS) is 13.5. The second kappa shape index (κ2) is 10.1. The van der Waals surface area contributed by atoms with E-state index in [-0.39, 0.29) is 12.2 Å². The summed E-state index contributed by atoms with van der Waals surface area (Å²) in [5.74, 6) is 1.63. The van der Waals surface area contributed by atoms with Crippen LogP contribution in [0.25, 0.3) is 17.3 Å². The van der Waals surface area contributed by atoms with E-state index in [1.54, 1.807) is 10.8 Å². The molecule has 10 heteroatoms. The third kappa shape index (κ3) is 5.76. The van der Waals surface area contributed by atoms with Gasteiger partial charge in [0.25, 0.3) is 5.91 Å². The summed E-state index contributed by atoms with van der Waals surface area (Å²) in [4.78, 5) is 12.6. The van der Waals surface area contributed by atoms with Crippen LogP contribution >= 0.6 is 18.9 Å².